The number of nitrogens with one attached hydrogen (secondary N) is 1. The standard InChI is InChI=1S/C37H26Cl2N4O2/c38-26-21-22-29(30(39)23-26)31(32-34(24-13-5-1-6-14-24)40-42(36(32)44)27-17-9-3-10-18-27)33-35(25-15-7-2-8-16-25)41-43(37(33)45)28-19-11-4-12-20-28/h1-23,31-32,41H/t31-,32+/m1/s1. The van der Waals surface area contributed by atoms with Crippen LogP contribution in [-0.2, 0) is 4.79 Å². The summed E-state index contributed by atoms with van der Waals surface area (Å²) in [6, 6.07) is 43.0. The highest BCUT2D eigenvalue weighted by molar-refractivity contribution is 6.35. The molecule has 8 heteroatoms. The first kappa shape index (κ1) is 28.6. The van der Waals surface area contributed by atoms with Crippen LogP contribution in [0.25, 0.3) is 16.9 Å². The zero-order valence-electron chi connectivity index (χ0n) is 23.8. The van der Waals surface area contributed by atoms with Gasteiger partial charge in [-0.1, -0.05) is 126 Å². The van der Waals surface area contributed by atoms with E-state index in [0.717, 1.165) is 11.1 Å². The molecule has 1 aliphatic rings. The van der Waals surface area contributed by atoms with Crippen LogP contribution in [-0.4, -0.2) is 21.4 Å². The summed E-state index contributed by atoms with van der Waals surface area (Å²) in [7, 11) is 0. The third-order valence-electron chi connectivity index (χ3n) is 7.99. The number of H-pyrrole nitrogens is 1. The van der Waals surface area contributed by atoms with Gasteiger partial charge in [-0.2, -0.15) is 10.1 Å². The Bertz CT molecular complexity index is 2080. The highest BCUT2D eigenvalue weighted by Gasteiger charge is 2.46. The van der Waals surface area contributed by atoms with Crippen LogP contribution in [0, 0.1) is 5.92 Å². The molecule has 0 spiro atoms. The third-order valence-corrected chi connectivity index (χ3v) is 8.56. The molecule has 45 heavy (non-hydrogen) atoms. The number of amides is 1. The van der Waals surface area contributed by atoms with E-state index in [-0.39, 0.29) is 11.5 Å². The minimum absolute atomic E-state index is 0.276. The molecule has 1 amide bonds. The Morgan fingerprint density at radius 2 is 1.22 bits per heavy atom. The van der Waals surface area contributed by atoms with E-state index in [0.29, 0.717) is 44.0 Å². The van der Waals surface area contributed by atoms with Gasteiger partial charge in [-0.05, 0) is 53.1 Å². The van der Waals surface area contributed by atoms with E-state index in [1.54, 1.807) is 18.2 Å². The Balaban J connectivity index is 1.54. The molecular weight excluding hydrogens is 603 g/mol. The summed E-state index contributed by atoms with van der Waals surface area (Å²) in [5.74, 6) is -2.01. The van der Waals surface area contributed by atoms with Crippen LogP contribution in [0.4, 0.5) is 5.69 Å². The summed E-state index contributed by atoms with van der Waals surface area (Å²) in [5, 5.41) is 10.5. The summed E-state index contributed by atoms with van der Waals surface area (Å²) in [6.45, 7) is 0. The number of aromatic amines is 1. The van der Waals surface area contributed by atoms with E-state index in [4.69, 9.17) is 28.3 Å². The van der Waals surface area contributed by atoms with Gasteiger partial charge in [0.05, 0.1) is 34.3 Å². The van der Waals surface area contributed by atoms with E-state index >= 15 is 0 Å². The van der Waals surface area contributed by atoms with Gasteiger partial charge < -0.3 is 0 Å². The van der Waals surface area contributed by atoms with Crippen LogP contribution in [0.5, 0.6) is 0 Å². The normalized spacial score (nSPS) is 15.2. The second-order valence-electron chi connectivity index (χ2n) is 10.7. The maximum Gasteiger partial charge on any atom is 0.275 e. The number of rotatable bonds is 7. The molecule has 0 fully saturated rings. The number of halogens is 2. The summed E-state index contributed by atoms with van der Waals surface area (Å²) >= 11 is 13.3. The number of nitrogens with zero attached hydrogens (tertiary/aromatic N) is 3. The number of hydrogen-bond acceptors (Lipinski definition) is 3. The Hall–Kier alpha value is -5.17. The van der Waals surface area contributed by atoms with Crippen molar-refractivity contribution in [1.82, 2.24) is 9.78 Å². The molecule has 0 saturated heterocycles. The molecule has 5 aromatic carbocycles. The van der Waals surface area contributed by atoms with E-state index in [1.807, 2.05) is 121 Å². The van der Waals surface area contributed by atoms with Gasteiger partial charge in [0.1, 0.15) is 0 Å². The fraction of sp³-hybridized carbons (Fsp3) is 0.0541. The molecule has 6 aromatic rings. The molecule has 7 rings (SSSR count). The van der Waals surface area contributed by atoms with Crippen molar-refractivity contribution in [3.63, 3.8) is 0 Å². The van der Waals surface area contributed by atoms with Crippen LogP contribution in [0.3, 0.4) is 0 Å². The van der Waals surface area contributed by atoms with Gasteiger partial charge in [0.2, 0.25) is 0 Å². The van der Waals surface area contributed by atoms with Crippen LogP contribution in [0.15, 0.2) is 149 Å². The van der Waals surface area contributed by atoms with Crippen molar-refractivity contribution in [3.05, 3.63) is 177 Å². The fourth-order valence-corrected chi connectivity index (χ4v) is 6.47. The molecule has 1 aliphatic heterocycles. The molecule has 0 unspecified atom stereocenters. The lowest BCUT2D eigenvalue weighted by molar-refractivity contribution is -0.120. The number of benzene rings is 5. The fourth-order valence-electron chi connectivity index (χ4n) is 5.95. The zero-order chi connectivity index (χ0) is 30.9. The topological polar surface area (TPSA) is 70.5 Å². The van der Waals surface area contributed by atoms with Crippen LogP contribution in [0.2, 0.25) is 10.0 Å². The number of hydrazone groups is 1. The first-order chi connectivity index (χ1) is 22.0. The van der Waals surface area contributed by atoms with Crippen molar-refractivity contribution in [2.24, 2.45) is 11.0 Å². The second-order valence-corrected chi connectivity index (χ2v) is 11.5. The van der Waals surface area contributed by atoms with E-state index in [2.05, 4.69) is 5.10 Å². The van der Waals surface area contributed by atoms with Crippen LogP contribution in [0.1, 0.15) is 22.6 Å². The summed E-state index contributed by atoms with van der Waals surface area (Å²) < 4.78 is 1.52. The maximum absolute atomic E-state index is 14.7. The Labute approximate surface area is 269 Å². The highest BCUT2D eigenvalue weighted by atomic mass is 35.5. The van der Waals surface area contributed by atoms with Crippen molar-refractivity contribution in [1.29, 1.82) is 0 Å². The first-order valence-corrected chi connectivity index (χ1v) is 15.2. The molecule has 0 aliphatic carbocycles. The van der Waals surface area contributed by atoms with Gasteiger partial charge in [0.15, 0.2) is 0 Å². The zero-order valence-corrected chi connectivity index (χ0v) is 25.4. The van der Waals surface area contributed by atoms with Crippen molar-refractivity contribution >= 4 is 40.5 Å². The molecule has 0 saturated carbocycles. The van der Waals surface area contributed by atoms with E-state index in [1.165, 1.54) is 9.69 Å². The minimum atomic E-state index is -0.901. The Kier molecular flexibility index (Phi) is 7.67. The van der Waals surface area contributed by atoms with Gasteiger partial charge in [-0.15, -0.1) is 0 Å². The highest BCUT2D eigenvalue weighted by Crippen LogP contribution is 2.44. The van der Waals surface area contributed by atoms with Crippen molar-refractivity contribution < 1.29 is 4.79 Å². The predicted molar refractivity (Wildman–Crippen MR) is 181 cm³/mol. The Morgan fingerprint density at radius 1 is 0.667 bits per heavy atom. The lowest BCUT2D eigenvalue weighted by atomic mass is 9.76. The molecule has 0 radical (unpaired) electrons. The van der Waals surface area contributed by atoms with E-state index in [9.17, 15) is 9.59 Å². The molecule has 2 heterocycles. The Morgan fingerprint density at radius 3 is 1.82 bits per heavy atom. The number of para-hydroxylation sites is 2. The summed E-state index contributed by atoms with van der Waals surface area (Å²) in [5.41, 5.74) is 4.64. The third kappa shape index (κ3) is 5.29. The largest absolute Gasteiger partial charge is 0.290 e. The number of aromatic nitrogens is 2. The number of anilines is 1. The summed E-state index contributed by atoms with van der Waals surface area (Å²) in [4.78, 5) is 29.4. The maximum atomic E-state index is 14.7. The van der Waals surface area contributed by atoms with Crippen molar-refractivity contribution in [2.45, 2.75) is 5.92 Å². The molecule has 1 aromatic heterocycles. The lowest BCUT2D eigenvalue weighted by Gasteiger charge is -2.25. The number of carbonyl (C=O) groups is 1. The van der Waals surface area contributed by atoms with Crippen molar-refractivity contribution in [3.8, 4) is 16.9 Å². The molecule has 0 bridgehead atoms. The van der Waals surface area contributed by atoms with Gasteiger partial charge >= 0.3 is 0 Å². The second kappa shape index (κ2) is 12.1. The minimum Gasteiger partial charge on any atom is -0.290 e. The molecular formula is C37H26Cl2N4O2. The van der Waals surface area contributed by atoms with Gasteiger partial charge in [-0.3, -0.25) is 14.7 Å². The van der Waals surface area contributed by atoms with Gasteiger partial charge in [0, 0.05) is 16.0 Å². The lowest BCUT2D eigenvalue weighted by Crippen LogP contribution is -2.35. The number of carbonyl (C=O) groups excluding carboxylic acids is 1. The van der Waals surface area contributed by atoms with Crippen LogP contribution < -0.4 is 10.6 Å². The van der Waals surface area contributed by atoms with E-state index < -0.39 is 11.8 Å². The molecule has 2 atom stereocenters. The van der Waals surface area contributed by atoms with Crippen LogP contribution >= 0.6 is 23.2 Å². The number of hydrogen-bond donors (Lipinski definition) is 1. The SMILES string of the molecule is O=C1[C@@H]([C@@H](c2ccc(Cl)cc2Cl)c2c(-c3ccccc3)[nH]n(-c3ccccc3)c2=O)C(c2ccccc2)=NN1c1ccccc1. The monoisotopic (exact) mass is 628 g/mol. The molecule has 1 N–H and O–H groups in total. The average molecular weight is 630 g/mol. The molecule has 220 valence electrons. The van der Waals surface area contributed by atoms with Gasteiger partial charge in [0.25, 0.3) is 11.5 Å². The quantitative estimate of drug-likeness (QED) is 0.193. The first-order valence-electron chi connectivity index (χ1n) is 14.4. The average Bonchev–Trinajstić information content (AvgIpc) is 3.61. The predicted octanol–water partition coefficient (Wildman–Crippen LogP) is 8.34. The smallest absolute Gasteiger partial charge is 0.275 e. The van der Waals surface area contributed by atoms with Crippen molar-refractivity contribution in [2.75, 3.05) is 5.01 Å². The molecule has 6 nitrogen and oxygen atoms in total. The van der Waals surface area contributed by atoms with Gasteiger partial charge in [-0.25, -0.2) is 4.68 Å². The summed E-state index contributed by atoms with van der Waals surface area (Å²) in [6.07, 6.45) is 0.